The number of carbonyl (C=O) groups is 2. The van der Waals surface area contributed by atoms with Gasteiger partial charge in [0, 0.05) is 31.9 Å². The fourth-order valence-electron chi connectivity index (χ4n) is 2.48. The Morgan fingerprint density at radius 3 is 2.95 bits per heavy atom. The van der Waals surface area contributed by atoms with Gasteiger partial charge < -0.3 is 10.2 Å². The number of aromatic nitrogens is 2. The van der Waals surface area contributed by atoms with Crippen molar-refractivity contribution in [1.82, 2.24) is 14.9 Å². The summed E-state index contributed by atoms with van der Waals surface area (Å²) in [5.41, 5.74) is 3.30. The van der Waals surface area contributed by atoms with Gasteiger partial charge in [-0.05, 0) is 29.7 Å². The third-order valence-corrected chi connectivity index (χ3v) is 3.64. The van der Waals surface area contributed by atoms with E-state index in [1.54, 1.807) is 24.2 Å². The molecule has 2 heterocycles. The molecule has 6 nitrogen and oxygen atoms in total. The first kappa shape index (κ1) is 14.2. The molecule has 2 aromatic rings. The molecular formula is C16H16N4O2. The Balaban J connectivity index is 1.74. The van der Waals surface area contributed by atoms with Gasteiger partial charge in [-0.15, -0.1) is 0 Å². The van der Waals surface area contributed by atoms with Crippen molar-refractivity contribution >= 4 is 17.5 Å². The zero-order valence-electron chi connectivity index (χ0n) is 12.2. The van der Waals surface area contributed by atoms with Crippen LogP contribution in [-0.2, 0) is 17.8 Å². The minimum Gasteiger partial charge on any atom is -0.336 e. The molecule has 0 atom stereocenters. The number of hydrogen-bond donors (Lipinski definition) is 1. The van der Waals surface area contributed by atoms with Gasteiger partial charge in [-0.1, -0.05) is 12.1 Å². The maximum atomic E-state index is 12.3. The average Bonchev–Trinajstić information content (AvgIpc) is 2.54. The first-order chi connectivity index (χ1) is 10.6. The molecule has 1 aromatic heterocycles. The highest BCUT2D eigenvalue weighted by atomic mass is 16.2. The van der Waals surface area contributed by atoms with Crippen LogP contribution in [0.1, 0.15) is 28.0 Å². The summed E-state index contributed by atoms with van der Waals surface area (Å²) in [5, 5.41) is 2.87. The lowest BCUT2D eigenvalue weighted by atomic mass is 10.0. The smallest absolute Gasteiger partial charge is 0.272 e. The summed E-state index contributed by atoms with van der Waals surface area (Å²) >= 11 is 0. The van der Waals surface area contributed by atoms with E-state index in [1.807, 2.05) is 18.2 Å². The lowest BCUT2D eigenvalue weighted by Gasteiger charge is -2.20. The van der Waals surface area contributed by atoms with Gasteiger partial charge in [-0.2, -0.15) is 0 Å². The molecule has 0 aliphatic carbocycles. The molecule has 0 fully saturated rings. The number of amides is 2. The predicted octanol–water partition coefficient (Wildman–Crippen LogP) is 1.63. The Morgan fingerprint density at radius 1 is 1.32 bits per heavy atom. The number of carbonyl (C=O) groups excluding carboxylic acids is 2. The summed E-state index contributed by atoms with van der Waals surface area (Å²) in [6.07, 6.45) is 4.19. The van der Waals surface area contributed by atoms with Gasteiger partial charge in [0.2, 0.25) is 5.91 Å². The van der Waals surface area contributed by atoms with Crippen molar-refractivity contribution in [1.29, 1.82) is 0 Å². The Kier molecular flexibility index (Phi) is 3.82. The van der Waals surface area contributed by atoms with E-state index in [0.29, 0.717) is 18.7 Å². The number of rotatable bonds is 3. The van der Waals surface area contributed by atoms with Crippen LogP contribution in [0.4, 0.5) is 5.69 Å². The van der Waals surface area contributed by atoms with Crippen LogP contribution in [-0.4, -0.2) is 33.7 Å². The number of benzene rings is 1. The molecular weight excluding hydrogens is 280 g/mol. The number of anilines is 1. The number of hydrogen-bond acceptors (Lipinski definition) is 4. The highest BCUT2D eigenvalue weighted by Crippen LogP contribution is 2.24. The SMILES string of the molecule is CN(Cc1ccc2c(c1)NC(=O)CC2)C(=O)c1ccncn1. The van der Waals surface area contributed by atoms with Crippen molar-refractivity contribution in [2.24, 2.45) is 0 Å². The van der Waals surface area contributed by atoms with Crippen molar-refractivity contribution in [3.63, 3.8) is 0 Å². The maximum Gasteiger partial charge on any atom is 0.272 e. The highest BCUT2D eigenvalue weighted by Gasteiger charge is 2.17. The van der Waals surface area contributed by atoms with E-state index in [9.17, 15) is 9.59 Å². The quantitative estimate of drug-likeness (QED) is 0.934. The molecule has 1 aliphatic heterocycles. The molecule has 0 spiro atoms. The zero-order chi connectivity index (χ0) is 15.5. The molecule has 0 saturated heterocycles. The molecule has 112 valence electrons. The third kappa shape index (κ3) is 2.95. The zero-order valence-corrected chi connectivity index (χ0v) is 12.2. The number of nitrogens with zero attached hydrogens (tertiary/aromatic N) is 3. The molecule has 1 aliphatic rings. The van der Waals surface area contributed by atoms with Crippen LogP contribution in [0.25, 0.3) is 0 Å². The topological polar surface area (TPSA) is 75.2 Å². The lowest BCUT2D eigenvalue weighted by molar-refractivity contribution is -0.116. The molecule has 0 radical (unpaired) electrons. The van der Waals surface area contributed by atoms with Gasteiger partial charge in [0.15, 0.2) is 0 Å². The van der Waals surface area contributed by atoms with Crippen LogP contribution < -0.4 is 5.32 Å². The summed E-state index contributed by atoms with van der Waals surface area (Å²) in [6, 6.07) is 7.51. The van der Waals surface area contributed by atoms with E-state index in [4.69, 9.17) is 0 Å². The van der Waals surface area contributed by atoms with Gasteiger partial charge in [0.1, 0.15) is 12.0 Å². The normalized spacial score (nSPS) is 13.2. The van der Waals surface area contributed by atoms with Crippen LogP contribution in [0.3, 0.4) is 0 Å². The summed E-state index contributed by atoms with van der Waals surface area (Å²) < 4.78 is 0. The van der Waals surface area contributed by atoms with Gasteiger partial charge in [0.05, 0.1) is 0 Å². The van der Waals surface area contributed by atoms with Crippen LogP contribution >= 0.6 is 0 Å². The second-order valence-electron chi connectivity index (χ2n) is 5.30. The van der Waals surface area contributed by atoms with E-state index in [1.165, 1.54) is 6.33 Å². The minimum absolute atomic E-state index is 0.0371. The van der Waals surface area contributed by atoms with Gasteiger partial charge in [0.25, 0.3) is 5.91 Å². The van der Waals surface area contributed by atoms with E-state index >= 15 is 0 Å². The van der Waals surface area contributed by atoms with E-state index in [-0.39, 0.29) is 11.8 Å². The highest BCUT2D eigenvalue weighted by molar-refractivity contribution is 5.94. The lowest BCUT2D eigenvalue weighted by Crippen LogP contribution is -2.27. The van der Waals surface area contributed by atoms with Gasteiger partial charge in [-0.3, -0.25) is 9.59 Å². The summed E-state index contributed by atoms with van der Waals surface area (Å²) in [7, 11) is 1.72. The predicted molar refractivity (Wildman–Crippen MR) is 81.2 cm³/mol. The molecule has 2 amide bonds. The van der Waals surface area contributed by atoms with E-state index in [0.717, 1.165) is 23.2 Å². The molecule has 3 rings (SSSR count). The maximum absolute atomic E-state index is 12.3. The average molecular weight is 296 g/mol. The Hall–Kier alpha value is -2.76. The fourth-order valence-corrected chi connectivity index (χ4v) is 2.48. The first-order valence-corrected chi connectivity index (χ1v) is 7.06. The van der Waals surface area contributed by atoms with Crippen LogP contribution in [0, 0.1) is 0 Å². The molecule has 1 aromatic carbocycles. The van der Waals surface area contributed by atoms with Gasteiger partial charge >= 0.3 is 0 Å². The van der Waals surface area contributed by atoms with E-state index in [2.05, 4.69) is 15.3 Å². The standard InChI is InChI=1S/C16H16N4O2/c1-20(16(22)13-6-7-17-10-18-13)9-11-2-3-12-4-5-15(21)19-14(12)8-11/h2-3,6-8,10H,4-5,9H2,1H3,(H,19,21). The largest absolute Gasteiger partial charge is 0.336 e. The van der Waals surface area contributed by atoms with Crippen molar-refractivity contribution in [3.8, 4) is 0 Å². The first-order valence-electron chi connectivity index (χ1n) is 7.06. The molecule has 0 bridgehead atoms. The van der Waals surface area contributed by atoms with Crippen LogP contribution in [0.15, 0.2) is 36.8 Å². The summed E-state index contributed by atoms with van der Waals surface area (Å²) in [6.45, 7) is 0.450. The Bertz CT molecular complexity index is 715. The number of fused-ring (bicyclic) bond motifs is 1. The summed E-state index contributed by atoms with van der Waals surface area (Å²) in [5.74, 6) is -0.126. The van der Waals surface area contributed by atoms with Crippen molar-refractivity contribution in [2.45, 2.75) is 19.4 Å². The van der Waals surface area contributed by atoms with Crippen molar-refractivity contribution < 1.29 is 9.59 Å². The van der Waals surface area contributed by atoms with Crippen molar-refractivity contribution in [2.75, 3.05) is 12.4 Å². The minimum atomic E-state index is -0.163. The molecule has 1 N–H and O–H groups in total. The molecule has 22 heavy (non-hydrogen) atoms. The number of nitrogens with one attached hydrogen (secondary N) is 1. The van der Waals surface area contributed by atoms with Gasteiger partial charge in [-0.25, -0.2) is 9.97 Å². The Labute approximate surface area is 128 Å². The monoisotopic (exact) mass is 296 g/mol. The van der Waals surface area contributed by atoms with E-state index < -0.39 is 0 Å². The molecule has 0 unspecified atom stereocenters. The van der Waals surface area contributed by atoms with Crippen LogP contribution in [0.5, 0.6) is 0 Å². The number of aryl methyl sites for hydroxylation is 1. The second-order valence-corrected chi connectivity index (χ2v) is 5.30. The van der Waals surface area contributed by atoms with Crippen LogP contribution in [0.2, 0.25) is 0 Å². The molecule has 0 saturated carbocycles. The van der Waals surface area contributed by atoms with Crippen molar-refractivity contribution in [3.05, 3.63) is 53.6 Å². The third-order valence-electron chi connectivity index (χ3n) is 3.64. The molecule has 6 heteroatoms. The summed E-state index contributed by atoms with van der Waals surface area (Å²) in [4.78, 5) is 33.1. The fraction of sp³-hybridized carbons (Fsp3) is 0.250. The second kappa shape index (κ2) is 5.93. The Morgan fingerprint density at radius 2 is 2.18 bits per heavy atom.